The van der Waals surface area contributed by atoms with Crippen molar-refractivity contribution in [1.82, 2.24) is 20.0 Å². The molecule has 2 saturated heterocycles. The molecular weight excluding hydrogens is 306 g/mol. The Morgan fingerprint density at radius 1 is 1.12 bits per heavy atom. The minimum absolute atomic E-state index is 0.0499. The van der Waals surface area contributed by atoms with Crippen LogP contribution in [0.1, 0.15) is 36.7 Å². The number of piperazine rings is 1. The van der Waals surface area contributed by atoms with Crippen LogP contribution in [0.25, 0.3) is 0 Å². The van der Waals surface area contributed by atoms with E-state index >= 15 is 0 Å². The molecule has 1 atom stereocenters. The number of anilines is 1. The molecule has 0 bridgehead atoms. The molecule has 2 fully saturated rings. The zero-order valence-corrected chi connectivity index (χ0v) is 14.4. The minimum Gasteiger partial charge on any atom is -0.392 e. The van der Waals surface area contributed by atoms with Crippen LogP contribution in [-0.4, -0.2) is 82.9 Å². The van der Waals surface area contributed by atoms with Crippen LogP contribution in [0, 0.1) is 0 Å². The van der Waals surface area contributed by atoms with Crippen molar-refractivity contribution in [3.8, 4) is 0 Å². The van der Waals surface area contributed by atoms with Crippen LogP contribution >= 0.6 is 0 Å². The van der Waals surface area contributed by atoms with E-state index in [1.165, 1.54) is 12.8 Å². The Hall–Kier alpha value is -1.73. The van der Waals surface area contributed by atoms with Gasteiger partial charge in [-0.1, -0.05) is 6.92 Å². The average molecular weight is 333 g/mol. The van der Waals surface area contributed by atoms with E-state index in [-0.39, 0.29) is 12.0 Å². The molecule has 1 aromatic rings. The van der Waals surface area contributed by atoms with E-state index in [4.69, 9.17) is 0 Å². The Bertz CT molecular complexity index is 536. The maximum atomic E-state index is 12.6. The molecule has 0 unspecified atom stereocenters. The van der Waals surface area contributed by atoms with Crippen molar-refractivity contribution < 1.29 is 9.90 Å². The molecule has 3 rings (SSSR count). The van der Waals surface area contributed by atoms with Gasteiger partial charge in [0.1, 0.15) is 0 Å². The number of aliphatic hydroxyl groups excluding tert-OH is 1. The van der Waals surface area contributed by atoms with Gasteiger partial charge in [0.25, 0.3) is 5.91 Å². The van der Waals surface area contributed by atoms with Gasteiger partial charge < -0.3 is 14.9 Å². The molecule has 0 radical (unpaired) electrons. The Morgan fingerprint density at radius 3 is 2.42 bits per heavy atom. The fraction of sp³-hybridized carbons (Fsp3) is 0.706. The van der Waals surface area contributed by atoms with Gasteiger partial charge in [0, 0.05) is 45.8 Å². The first-order valence-corrected chi connectivity index (χ1v) is 8.95. The number of nitrogens with zero attached hydrogens (tertiary/aromatic N) is 5. The Morgan fingerprint density at radius 2 is 1.83 bits per heavy atom. The van der Waals surface area contributed by atoms with E-state index < -0.39 is 0 Å². The van der Waals surface area contributed by atoms with E-state index in [2.05, 4.69) is 20.0 Å². The van der Waals surface area contributed by atoms with E-state index in [1.807, 2.05) is 17.9 Å². The summed E-state index contributed by atoms with van der Waals surface area (Å²) in [4.78, 5) is 18.8. The van der Waals surface area contributed by atoms with Gasteiger partial charge in [-0.25, -0.2) is 0 Å². The summed E-state index contributed by atoms with van der Waals surface area (Å²) < 4.78 is 0. The van der Waals surface area contributed by atoms with Crippen molar-refractivity contribution in [3.63, 3.8) is 0 Å². The van der Waals surface area contributed by atoms with Crippen molar-refractivity contribution in [1.29, 1.82) is 0 Å². The largest absolute Gasteiger partial charge is 0.392 e. The normalized spacial score (nSPS) is 20.4. The third kappa shape index (κ3) is 4.02. The van der Waals surface area contributed by atoms with E-state index in [0.29, 0.717) is 25.3 Å². The fourth-order valence-corrected chi connectivity index (χ4v) is 3.28. The van der Waals surface area contributed by atoms with Crippen LogP contribution in [0.3, 0.4) is 0 Å². The molecule has 132 valence electrons. The third-order valence-corrected chi connectivity index (χ3v) is 4.90. The molecule has 1 N–H and O–H groups in total. The molecule has 0 spiro atoms. The van der Waals surface area contributed by atoms with Crippen LogP contribution in [0.5, 0.6) is 0 Å². The first kappa shape index (κ1) is 17.1. The highest BCUT2D eigenvalue weighted by atomic mass is 16.3. The molecule has 2 aliphatic heterocycles. The summed E-state index contributed by atoms with van der Waals surface area (Å²) >= 11 is 0. The Kier molecular flexibility index (Phi) is 5.63. The first-order chi connectivity index (χ1) is 11.7. The molecule has 2 aliphatic rings. The zero-order valence-electron chi connectivity index (χ0n) is 14.4. The van der Waals surface area contributed by atoms with E-state index in [9.17, 15) is 9.90 Å². The van der Waals surface area contributed by atoms with Gasteiger partial charge in [-0.15, -0.1) is 10.2 Å². The maximum absolute atomic E-state index is 12.6. The van der Waals surface area contributed by atoms with Crippen molar-refractivity contribution >= 4 is 11.7 Å². The van der Waals surface area contributed by atoms with Gasteiger partial charge in [0.05, 0.1) is 6.10 Å². The van der Waals surface area contributed by atoms with E-state index in [0.717, 1.165) is 38.4 Å². The summed E-state index contributed by atoms with van der Waals surface area (Å²) in [6.45, 7) is 7.64. The van der Waals surface area contributed by atoms with E-state index in [1.54, 1.807) is 6.07 Å². The van der Waals surface area contributed by atoms with Gasteiger partial charge in [0.15, 0.2) is 11.5 Å². The molecule has 0 aromatic carbocycles. The lowest BCUT2D eigenvalue weighted by Gasteiger charge is -2.35. The Balaban J connectivity index is 1.53. The fourth-order valence-electron chi connectivity index (χ4n) is 3.28. The SMILES string of the molecule is CC[C@@H](O)CN1CCN(C(=O)c2ccc(N3CCCC3)nn2)CC1. The van der Waals surface area contributed by atoms with Crippen molar-refractivity contribution in [3.05, 3.63) is 17.8 Å². The van der Waals surface area contributed by atoms with Crippen LogP contribution in [0.4, 0.5) is 5.82 Å². The van der Waals surface area contributed by atoms with Crippen LogP contribution in [0.2, 0.25) is 0 Å². The minimum atomic E-state index is -0.281. The van der Waals surface area contributed by atoms with Gasteiger partial charge in [0.2, 0.25) is 0 Å². The van der Waals surface area contributed by atoms with Crippen LogP contribution in [-0.2, 0) is 0 Å². The predicted octanol–water partition coefficient (Wildman–Crippen LogP) is 0.605. The number of aromatic nitrogens is 2. The van der Waals surface area contributed by atoms with Gasteiger partial charge in [-0.05, 0) is 31.4 Å². The predicted molar refractivity (Wildman–Crippen MR) is 92.1 cm³/mol. The monoisotopic (exact) mass is 333 g/mol. The maximum Gasteiger partial charge on any atom is 0.274 e. The third-order valence-electron chi connectivity index (χ3n) is 4.90. The molecule has 1 aromatic heterocycles. The second-order valence-electron chi connectivity index (χ2n) is 6.63. The lowest BCUT2D eigenvalue weighted by atomic mass is 10.2. The van der Waals surface area contributed by atoms with Crippen molar-refractivity contribution in [2.45, 2.75) is 32.3 Å². The summed E-state index contributed by atoms with van der Waals surface area (Å²) in [5, 5.41) is 18.1. The number of amides is 1. The molecule has 3 heterocycles. The first-order valence-electron chi connectivity index (χ1n) is 8.95. The number of β-amino-alcohol motifs (C(OH)–C–C–N with tert-alkyl or cyclic N) is 1. The molecule has 1 amide bonds. The quantitative estimate of drug-likeness (QED) is 0.851. The van der Waals surface area contributed by atoms with Crippen LogP contribution in [0.15, 0.2) is 12.1 Å². The molecule has 0 saturated carbocycles. The zero-order chi connectivity index (χ0) is 16.9. The summed E-state index contributed by atoms with van der Waals surface area (Å²) in [6, 6.07) is 3.69. The summed E-state index contributed by atoms with van der Waals surface area (Å²) in [6.07, 6.45) is 2.87. The Labute approximate surface area is 143 Å². The second kappa shape index (κ2) is 7.90. The molecule has 7 nitrogen and oxygen atoms in total. The molecule has 24 heavy (non-hydrogen) atoms. The number of hydrogen-bond acceptors (Lipinski definition) is 6. The summed E-state index contributed by atoms with van der Waals surface area (Å²) in [7, 11) is 0. The van der Waals surface area contributed by atoms with Crippen molar-refractivity contribution in [2.24, 2.45) is 0 Å². The number of carbonyl (C=O) groups is 1. The highest BCUT2D eigenvalue weighted by molar-refractivity contribution is 5.92. The number of hydrogen-bond donors (Lipinski definition) is 1. The van der Waals surface area contributed by atoms with Crippen LogP contribution < -0.4 is 4.90 Å². The van der Waals surface area contributed by atoms with Gasteiger partial charge in [-0.3, -0.25) is 9.69 Å². The molecule has 7 heteroatoms. The smallest absolute Gasteiger partial charge is 0.274 e. The topological polar surface area (TPSA) is 72.8 Å². The average Bonchev–Trinajstić information content (AvgIpc) is 3.16. The number of aliphatic hydroxyl groups is 1. The van der Waals surface area contributed by atoms with Gasteiger partial charge in [-0.2, -0.15) is 0 Å². The molecule has 0 aliphatic carbocycles. The number of carbonyl (C=O) groups excluding carboxylic acids is 1. The molecular formula is C17H27N5O2. The van der Waals surface area contributed by atoms with Gasteiger partial charge >= 0.3 is 0 Å². The lowest BCUT2D eigenvalue weighted by Crippen LogP contribution is -2.50. The highest BCUT2D eigenvalue weighted by Crippen LogP contribution is 2.17. The highest BCUT2D eigenvalue weighted by Gasteiger charge is 2.24. The summed E-state index contributed by atoms with van der Waals surface area (Å²) in [5.41, 5.74) is 0.417. The van der Waals surface area contributed by atoms with Crippen molar-refractivity contribution in [2.75, 3.05) is 50.7 Å². The summed E-state index contributed by atoms with van der Waals surface area (Å²) in [5.74, 6) is 0.814. The second-order valence-corrected chi connectivity index (χ2v) is 6.63. The standard InChI is InChI=1S/C17H27N5O2/c1-2-14(23)13-20-9-11-22(12-10-20)17(24)15-5-6-16(19-18-15)21-7-3-4-8-21/h5-6,14,23H,2-4,7-13H2,1H3/t14-/m1/s1. The number of rotatable bonds is 5. The lowest BCUT2D eigenvalue weighted by molar-refractivity contribution is 0.0518.